The van der Waals surface area contributed by atoms with Crippen molar-refractivity contribution in [2.45, 2.75) is 6.92 Å². The van der Waals surface area contributed by atoms with Gasteiger partial charge in [0, 0.05) is 0 Å². The van der Waals surface area contributed by atoms with E-state index < -0.39 is 0 Å². The van der Waals surface area contributed by atoms with Crippen molar-refractivity contribution < 1.29 is 9.53 Å². The second-order valence-corrected chi connectivity index (χ2v) is 4.16. The molecule has 0 aliphatic rings. The SMILES string of the molecule is COc1ccc(C)cc1NC(=O)c1[nH]ncc1Cl. The number of hydrogen-bond acceptors (Lipinski definition) is 3. The fourth-order valence-electron chi connectivity index (χ4n) is 1.54. The van der Waals surface area contributed by atoms with Crippen LogP contribution < -0.4 is 10.1 Å². The highest BCUT2D eigenvalue weighted by Crippen LogP contribution is 2.26. The van der Waals surface area contributed by atoms with Crippen molar-refractivity contribution in [3.63, 3.8) is 0 Å². The lowest BCUT2D eigenvalue weighted by atomic mass is 10.2. The molecule has 0 aliphatic heterocycles. The molecule has 0 radical (unpaired) electrons. The summed E-state index contributed by atoms with van der Waals surface area (Å²) in [6.07, 6.45) is 1.38. The summed E-state index contributed by atoms with van der Waals surface area (Å²) in [7, 11) is 1.55. The van der Waals surface area contributed by atoms with Crippen molar-refractivity contribution in [3.8, 4) is 5.75 Å². The Bertz CT molecular complexity index is 580. The molecule has 0 atom stereocenters. The zero-order valence-electron chi connectivity index (χ0n) is 9.95. The van der Waals surface area contributed by atoms with Gasteiger partial charge in [0.15, 0.2) is 0 Å². The van der Waals surface area contributed by atoms with Gasteiger partial charge in [-0.2, -0.15) is 5.10 Å². The van der Waals surface area contributed by atoms with Gasteiger partial charge in [0.25, 0.3) is 5.91 Å². The monoisotopic (exact) mass is 265 g/mol. The van der Waals surface area contributed by atoms with E-state index in [2.05, 4.69) is 15.5 Å². The Morgan fingerprint density at radius 1 is 1.50 bits per heavy atom. The smallest absolute Gasteiger partial charge is 0.275 e. The molecule has 0 aliphatic carbocycles. The predicted octanol–water partition coefficient (Wildman–Crippen LogP) is 2.63. The fraction of sp³-hybridized carbons (Fsp3) is 0.167. The van der Waals surface area contributed by atoms with Crippen molar-refractivity contribution in [2.75, 3.05) is 12.4 Å². The van der Waals surface area contributed by atoms with Gasteiger partial charge < -0.3 is 10.1 Å². The third-order valence-corrected chi connectivity index (χ3v) is 2.71. The second kappa shape index (κ2) is 5.10. The average Bonchev–Trinajstić information content (AvgIpc) is 2.76. The summed E-state index contributed by atoms with van der Waals surface area (Å²) >= 11 is 5.82. The van der Waals surface area contributed by atoms with Crippen LogP contribution in [-0.4, -0.2) is 23.2 Å². The number of hydrogen-bond donors (Lipinski definition) is 2. The Kier molecular flexibility index (Phi) is 3.53. The van der Waals surface area contributed by atoms with Crippen LogP contribution in [0.1, 0.15) is 16.1 Å². The molecule has 5 nitrogen and oxygen atoms in total. The number of nitrogens with one attached hydrogen (secondary N) is 2. The summed E-state index contributed by atoms with van der Waals surface area (Å²) < 4.78 is 5.18. The first-order chi connectivity index (χ1) is 8.61. The molecule has 1 heterocycles. The van der Waals surface area contributed by atoms with E-state index in [-0.39, 0.29) is 16.6 Å². The van der Waals surface area contributed by atoms with Gasteiger partial charge in [-0.1, -0.05) is 17.7 Å². The van der Waals surface area contributed by atoms with Crippen LogP contribution in [0.25, 0.3) is 0 Å². The molecule has 2 N–H and O–H groups in total. The Hall–Kier alpha value is -2.01. The number of aryl methyl sites for hydroxylation is 1. The van der Waals surface area contributed by atoms with E-state index in [0.29, 0.717) is 11.4 Å². The van der Waals surface area contributed by atoms with Gasteiger partial charge in [-0.25, -0.2) is 0 Å². The van der Waals surface area contributed by atoms with Gasteiger partial charge in [-0.05, 0) is 24.6 Å². The van der Waals surface area contributed by atoms with Crippen LogP contribution in [0.5, 0.6) is 5.75 Å². The quantitative estimate of drug-likeness (QED) is 0.896. The van der Waals surface area contributed by atoms with Gasteiger partial charge in [0.05, 0.1) is 24.0 Å². The Labute approximate surface area is 109 Å². The number of halogens is 1. The van der Waals surface area contributed by atoms with Crippen LogP contribution >= 0.6 is 11.6 Å². The molecular weight excluding hydrogens is 254 g/mol. The first kappa shape index (κ1) is 12.4. The molecule has 2 aromatic rings. The number of methoxy groups -OCH3 is 1. The topological polar surface area (TPSA) is 67.0 Å². The van der Waals surface area contributed by atoms with E-state index in [0.717, 1.165) is 5.56 Å². The summed E-state index contributed by atoms with van der Waals surface area (Å²) in [5.74, 6) is 0.228. The van der Waals surface area contributed by atoms with Crippen LogP contribution in [0.3, 0.4) is 0 Å². The van der Waals surface area contributed by atoms with E-state index in [1.165, 1.54) is 6.20 Å². The number of carbonyl (C=O) groups is 1. The molecule has 1 amide bonds. The molecular formula is C12H12ClN3O2. The summed E-state index contributed by atoms with van der Waals surface area (Å²) in [4.78, 5) is 12.0. The highest BCUT2D eigenvalue weighted by Gasteiger charge is 2.14. The van der Waals surface area contributed by atoms with E-state index in [1.807, 2.05) is 19.1 Å². The molecule has 6 heteroatoms. The van der Waals surface area contributed by atoms with Crippen molar-refractivity contribution in [3.05, 3.63) is 40.7 Å². The second-order valence-electron chi connectivity index (χ2n) is 3.75. The highest BCUT2D eigenvalue weighted by molar-refractivity contribution is 6.34. The summed E-state index contributed by atoms with van der Waals surface area (Å²) in [6, 6.07) is 5.51. The normalized spacial score (nSPS) is 10.2. The molecule has 0 spiro atoms. The van der Waals surface area contributed by atoms with E-state index in [4.69, 9.17) is 16.3 Å². The number of anilines is 1. The Morgan fingerprint density at radius 2 is 2.28 bits per heavy atom. The van der Waals surface area contributed by atoms with Crippen molar-refractivity contribution in [1.82, 2.24) is 10.2 Å². The molecule has 94 valence electrons. The Balaban J connectivity index is 2.27. The third-order valence-electron chi connectivity index (χ3n) is 2.42. The van der Waals surface area contributed by atoms with Gasteiger partial charge >= 0.3 is 0 Å². The van der Waals surface area contributed by atoms with E-state index in [1.54, 1.807) is 13.2 Å². The number of nitrogens with zero attached hydrogens (tertiary/aromatic N) is 1. The molecule has 0 saturated heterocycles. The summed E-state index contributed by atoms with van der Waals surface area (Å²) in [5.41, 5.74) is 1.83. The van der Waals surface area contributed by atoms with Crippen LogP contribution in [-0.2, 0) is 0 Å². The maximum absolute atomic E-state index is 12.0. The lowest BCUT2D eigenvalue weighted by molar-refractivity contribution is 0.102. The van der Waals surface area contributed by atoms with E-state index in [9.17, 15) is 4.79 Å². The van der Waals surface area contributed by atoms with Gasteiger partial charge in [0.1, 0.15) is 11.4 Å². The lowest BCUT2D eigenvalue weighted by Crippen LogP contribution is -2.13. The largest absolute Gasteiger partial charge is 0.495 e. The van der Waals surface area contributed by atoms with Crippen LogP contribution in [0.2, 0.25) is 5.02 Å². The number of amides is 1. The van der Waals surface area contributed by atoms with E-state index >= 15 is 0 Å². The zero-order valence-corrected chi connectivity index (χ0v) is 10.7. The minimum absolute atomic E-state index is 0.222. The molecule has 0 saturated carbocycles. The minimum Gasteiger partial charge on any atom is -0.495 e. The number of ether oxygens (including phenoxy) is 1. The zero-order chi connectivity index (χ0) is 13.1. The number of aromatic amines is 1. The maximum Gasteiger partial charge on any atom is 0.275 e. The standard InChI is InChI=1S/C12H12ClN3O2/c1-7-3-4-10(18-2)9(5-7)15-12(17)11-8(13)6-14-16-11/h3-6H,1-2H3,(H,14,16)(H,15,17). The van der Waals surface area contributed by atoms with Crippen LogP contribution in [0, 0.1) is 6.92 Å². The maximum atomic E-state index is 12.0. The molecule has 18 heavy (non-hydrogen) atoms. The Morgan fingerprint density at radius 3 is 2.89 bits per heavy atom. The van der Waals surface area contributed by atoms with Crippen molar-refractivity contribution >= 4 is 23.2 Å². The van der Waals surface area contributed by atoms with Gasteiger partial charge in [0.2, 0.25) is 0 Å². The molecule has 0 unspecified atom stereocenters. The lowest BCUT2D eigenvalue weighted by Gasteiger charge is -2.10. The molecule has 1 aromatic carbocycles. The number of aromatic nitrogens is 2. The van der Waals surface area contributed by atoms with Gasteiger partial charge in [-0.3, -0.25) is 9.89 Å². The van der Waals surface area contributed by atoms with Crippen molar-refractivity contribution in [2.24, 2.45) is 0 Å². The third kappa shape index (κ3) is 2.46. The molecule has 1 aromatic heterocycles. The number of H-pyrrole nitrogens is 1. The summed E-state index contributed by atoms with van der Waals surface area (Å²) in [5, 5.41) is 9.24. The average molecular weight is 266 g/mol. The first-order valence-electron chi connectivity index (χ1n) is 5.26. The number of benzene rings is 1. The highest BCUT2D eigenvalue weighted by atomic mass is 35.5. The fourth-order valence-corrected chi connectivity index (χ4v) is 1.71. The van der Waals surface area contributed by atoms with Crippen LogP contribution in [0.4, 0.5) is 5.69 Å². The van der Waals surface area contributed by atoms with Crippen LogP contribution in [0.15, 0.2) is 24.4 Å². The predicted molar refractivity (Wildman–Crippen MR) is 69.3 cm³/mol. The van der Waals surface area contributed by atoms with Gasteiger partial charge in [-0.15, -0.1) is 0 Å². The first-order valence-corrected chi connectivity index (χ1v) is 5.64. The van der Waals surface area contributed by atoms with Crippen molar-refractivity contribution in [1.29, 1.82) is 0 Å². The molecule has 0 bridgehead atoms. The molecule has 0 fully saturated rings. The summed E-state index contributed by atoms with van der Waals surface area (Å²) in [6.45, 7) is 1.93. The number of carbonyl (C=O) groups excluding carboxylic acids is 1. The molecule has 2 rings (SSSR count). The minimum atomic E-state index is -0.360. The number of rotatable bonds is 3.